The predicted molar refractivity (Wildman–Crippen MR) is 70.7 cm³/mol. The third kappa shape index (κ3) is 7.92. The van der Waals surface area contributed by atoms with Crippen molar-refractivity contribution in [2.24, 2.45) is 0 Å². The predicted octanol–water partition coefficient (Wildman–Crippen LogP) is 1.81. The Morgan fingerprint density at radius 1 is 0.895 bits per heavy atom. The minimum absolute atomic E-state index is 0.148. The van der Waals surface area contributed by atoms with Crippen molar-refractivity contribution in [2.75, 3.05) is 41.0 Å². The minimum atomic E-state index is -0.148. The average Bonchev–Trinajstić information content (AvgIpc) is 2.45. The lowest BCUT2D eigenvalue weighted by Gasteiger charge is -2.18. The Morgan fingerprint density at radius 2 is 1.47 bits per heavy atom. The summed E-state index contributed by atoms with van der Waals surface area (Å²) in [5.74, 6) is 0. The van der Waals surface area contributed by atoms with Crippen LogP contribution in [0.15, 0.2) is 30.3 Å². The molecule has 1 rings (SSSR count). The second-order valence-electron chi connectivity index (χ2n) is 3.97. The van der Waals surface area contributed by atoms with Crippen LogP contribution in [-0.2, 0) is 30.3 Å². The van der Waals surface area contributed by atoms with Gasteiger partial charge >= 0.3 is 0 Å². The van der Waals surface area contributed by atoms with E-state index in [-0.39, 0.29) is 19.7 Å². The number of benzene rings is 1. The molecule has 1 aromatic rings. The largest absolute Gasteiger partial charge is 0.369 e. The third-order valence-corrected chi connectivity index (χ3v) is 2.34. The van der Waals surface area contributed by atoms with Crippen molar-refractivity contribution in [3.63, 3.8) is 0 Å². The molecule has 19 heavy (non-hydrogen) atoms. The fourth-order valence-electron chi connectivity index (χ4n) is 1.46. The van der Waals surface area contributed by atoms with E-state index in [4.69, 9.17) is 23.7 Å². The summed E-state index contributed by atoms with van der Waals surface area (Å²) < 4.78 is 26.0. The van der Waals surface area contributed by atoms with Crippen LogP contribution in [0.5, 0.6) is 0 Å². The van der Waals surface area contributed by atoms with Gasteiger partial charge in [0.15, 0.2) is 0 Å². The maximum absolute atomic E-state index is 5.76. The number of hydrogen-bond donors (Lipinski definition) is 0. The Bertz CT molecular complexity index is 294. The van der Waals surface area contributed by atoms with Crippen LogP contribution in [0, 0.1) is 0 Å². The normalized spacial score (nSPS) is 11.1. The molecule has 0 radical (unpaired) electrons. The third-order valence-electron chi connectivity index (χ3n) is 2.34. The van der Waals surface area contributed by atoms with E-state index in [9.17, 15) is 0 Å². The molecule has 0 spiro atoms. The van der Waals surface area contributed by atoms with Crippen molar-refractivity contribution < 1.29 is 23.7 Å². The SMILES string of the molecule is COCOCC(COCOC)OCc1ccccc1. The average molecular weight is 270 g/mol. The molecule has 0 amide bonds. The monoisotopic (exact) mass is 270 g/mol. The van der Waals surface area contributed by atoms with E-state index in [2.05, 4.69) is 0 Å². The first-order valence-electron chi connectivity index (χ1n) is 6.15. The van der Waals surface area contributed by atoms with Crippen molar-refractivity contribution in [3.05, 3.63) is 35.9 Å². The summed E-state index contributed by atoms with van der Waals surface area (Å²) in [5, 5.41) is 0. The molecule has 0 unspecified atom stereocenters. The molecule has 0 N–H and O–H groups in total. The Kier molecular flexibility index (Phi) is 9.22. The van der Waals surface area contributed by atoms with Crippen molar-refractivity contribution in [1.82, 2.24) is 0 Å². The van der Waals surface area contributed by atoms with Crippen LogP contribution < -0.4 is 0 Å². The van der Waals surface area contributed by atoms with Crippen molar-refractivity contribution >= 4 is 0 Å². The van der Waals surface area contributed by atoms with Crippen molar-refractivity contribution in [3.8, 4) is 0 Å². The summed E-state index contributed by atoms with van der Waals surface area (Å²) in [5.41, 5.74) is 1.12. The van der Waals surface area contributed by atoms with Gasteiger partial charge in [-0.3, -0.25) is 0 Å². The molecule has 0 aliphatic heterocycles. The summed E-state index contributed by atoms with van der Waals surface area (Å²) >= 11 is 0. The summed E-state index contributed by atoms with van der Waals surface area (Å²) in [6.07, 6.45) is -0.148. The molecule has 0 atom stereocenters. The number of methoxy groups -OCH3 is 2. The fourth-order valence-corrected chi connectivity index (χ4v) is 1.46. The lowest BCUT2D eigenvalue weighted by Crippen LogP contribution is -2.26. The van der Waals surface area contributed by atoms with E-state index in [1.54, 1.807) is 14.2 Å². The van der Waals surface area contributed by atoms with Crippen LogP contribution in [0.2, 0.25) is 0 Å². The molecule has 0 saturated carbocycles. The highest BCUT2D eigenvalue weighted by Crippen LogP contribution is 2.04. The van der Waals surface area contributed by atoms with E-state index in [1.165, 1.54) is 0 Å². The fraction of sp³-hybridized carbons (Fsp3) is 0.571. The van der Waals surface area contributed by atoms with Crippen molar-refractivity contribution in [1.29, 1.82) is 0 Å². The maximum atomic E-state index is 5.76. The Labute approximate surface area is 114 Å². The lowest BCUT2D eigenvalue weighted by atomic mass is 10.2. The highest BCUT2D eigenvalue weighted by Gasteiger charge is 2.10. The van der Waals surface area contributed by atoms with E-state index in [1.807, 2.05) is 30.3 Å². The zero-order valence-corrected chi connectivity index (χ0v) is 11.5. The zero-order chi connectivity index (χ0) is 13.8. The molecule has 0 aromatic heterocycles. The van der Waals surface area contributed by atoms with Gasteiger partial charge in [0.25, 0.3) is 0 Å². The summed E-state index contributed by atoms with van der Waals surface area (Å²) in [6, 6.07) is 9.98. The van der Waals surface area contributed by atoms with Gasteiger partial charge in [-0.15, -0.1) is 0 Å². The van der Waals surface area contributed by atoms with Gasteiger partial charge in [0.2, 0.25) is 0 Å². The standard InChI is InChI=1S/C14H22O5/c1-15-11-17-9-14(10-18-12-16-2)19-8-13-6-4-3-5-7-13/h3-7,14H,8-12H2,1-2H3. The molecule has 0 heterocycles. The Balaban J connectivity index is 2.30. The Hall–Kier alpha value is -0.980. The summed E-state index contributed by atoms with van der Waals surface area (Å²) in [4.78, 5) is 0. The van der Waals surface area contributed by atoms with Crippen LogP contribution in [0.3, 0.4) is 0 Å². The molecule has 0 aliphatic rings. The van der Waals surface area contributed by atoms with Gasteiger partial charge in [-0.25, -0.2) is 0 Å². The van der Waals surface area contributed by atoms with Gasteiger partial charge in [0.05, 0.1) is 19.8 Å². The molecule has 0 bridgehead atoms. The zero-order valence-electron chi connectivity index (χ0n) is 11.5. The maximum Gasteiger partial charge on any atom is 0.146 e. The van der Waals surface area contributed by atoms with Gasteiger partial charge in [-0.05, 0) is 5.56 Å². The van der Waals surface area contributed by atoms with E-state index in [0.717, 1.165) is 5.56 Å². The van der Waals surface area contributed by atoms with E-state index >= 15 is 0 Å². The van der Waals surface area contributed by atoms with Gasteiger partial charge in [0.1, 0.15) is 19.7 Å². The minimum Gasteiger partial charge on any atom is -0.369 e. The van der Waals surface area contributed by atoms with Gasteiger partial charge < -0.3 is 23.7 Å². The van der Waals surface area contributed by atoms with Crippen LogP contribution in [0.4, 0.5) is 0 Å². The second-order valence-corrected chi connectivity index (χ2v) is 3.97. The first kappa shape index (κ1) is 16.1. The smallest absolute Gasteiger partial charge is 0.146 e. The second kappa shape index (κ2) is 10.9. The highest BCUT2D eigenvalue weighted by atomic mass is 16.7. The van der Waals surface area contributed by atoms with Gasteiger partial charge in [0, 0.05) is 14.2 Å². The molecule has 0 fully saturated rings. The molecule has 5 heteroatoms. The topological polar surface area (TPSA) is 46.2 Å². The quantitative estimate of drug-likeness (QED) is 0.453. The molecule has 5 nitrogen and oxygen atoms in total. The van der Waals surface area contributed by atoms with Crippen LogP contribution in [-0.4, -0.2) is 47.1 Å². The molecular weight excluding hydrogens is 248 g/mol. The van der Waals surface area contributed by atoms with E-state index in [0.29, 0.717) is 19.8 Å². The molecule has 0 aliphatic carbocycles. The highest BCUT2D eigenvalue weighted by molar-refractivity contribution is 5.13. The first-order chi connectivity index (χ1) is 9.36. The van der Waals surface area contributed by atoms with Gasteiger partial charge in [-0.2, -0.15) is 0 Å². The first-order valence-corrected chi connectivity index (χ1v) is 6.15. The molecular formula is C14H22O5. The molecule has 0 saturated heterocycles. The number of rotatable bonds is 11. The molecule has 108 valence electrons. The summed E-state index contributed by atoms with van der Waals surface area (Å²) in [7, 11) is 3.17. The van der Waals surface area contributed by atoms with Gasteiger partial charge in [-0.1, -0.05) is 30.3 Å². The summed E-state index contributed by atoms with van der Waals surface area (Å²) in [6.45, 7) is 1.86. The van der Waals surface area contributed by atoms with Crippen LogP contribution >= 0.6 is 0 Å². The lowest BCUT2D eigenvalue weighted by molar-refractivity contribution is -0.123. The van der Waals surface area contributed by atoms with Crippen LogP contribution in [0.25, 0.3) is 0 Å². The van der Waals surface area contributed by atoms with E-state index < -0.39 is 0 Å². The van der Waals surface area contributed by atoms with Crippen molar-refractivity contribution in [2.45, 2.75) is 12.7 Å². The van der Waals surface area contributed by atoms with Crippen LogP contribution in [0.1, 0.15) is 5.56 Å². The Morgan fingerprint density at radius 3 is 2.00 bits per heavy atom. The molecule has 1 aromatic carbocycles. The number of ether oxygens (including phenoxy) is 5. The number of hydrogen-bond acceptors (Lipinski definition) is 5.